The van der Waals surface area contributed by atoms with Crippen molar-refractivity contribution in [3.05, 3.63) is 58.8 Å². The van der Waals surface area contributed by atoms with Crippen molar-refractivity contribution in [1.29, 1.82) is 0 Å². The number of fused-ring (bicyclic) bond motifs is 3. The summed E-state index contributed by atoms with van der Waals surface area (Å²) in [5.41, 5.74) is 0.423. The van der Waals surface area contributed by atoms with Crippen molar-refractivity contribution in [2.75, 3.05) is 6.54 Å². The molecule has 178 valence electrons. The van der Waals surface area contributed by atoms with Gasteiger partial charge in [0.05, 0.1) is 24.0 Å². The van der Waals surface area contributed by atoms with Crippen LogP contribution in [0.2, 0.25) is 5.02 Å². The summed E-state index contributed by atoms with van der Waals surface area (Å²) in [6.07, 6.45) is 1.01. The van der Waals surface area contributed by atoms with Gasteiger partial charge in [0.25, 0.3) is 5.91 Å². The molecule has 3 fully saturated rings. The number of ether oxygens (including phenoxy) is 1. The van der Waals surface area contributed by atoms with E-state index in [1.807, 2.05) is 0 Å². The van der Waals surface area contributed by atoms with E-state index in [0.29, 0.717) is 37.0 Å². The van der Waals surface area contributed by atoms with Gasteiger partial charge >= 0.3 is 6.18 Å². The Balaban J connectivity index is 1.42. The molecule has 6 rings (SSSR count). The molecule has 2 aliphatic heterocycles. The average molecular weight is 493 g/mol. The maximum absolute atomic E-state index is 13.7. The van der Waals surface area contributed by atoms with E-state index in [0.717, 1.165) is 12.5 Å². The first-order chi connectivity index (χ1) is 16.2. The van der Waals surface area contributed by atoms with Gasteiger partial charge < -0.3 is 9.64 Å². The van der Waals surface area contributed by atoms with Gasteiger partial charge in [0.15, 0.2) is 5.69 Å². The molecule has 1 amide bonds. The van der Waals surface area contributed by atoms with Crippen molar-refractivity contribution in [1.82, 2.24) is 29.9 Å². The van der Waals surface area contributed by atoms with Crippen LogP contribution in [0, 0.1) is 12.8 Å². The van der Waals surface area contributed by atoms with E-state index in [-0.39, 0.29) is 34.5 Å². The Hall–Kier alpha value is -3.21. The lowest BCUT2D eigenvalue weighted by molar-refractivity contribution is -0.137. The van der Waals surface area contributed by atoms with Gasteiger partial charge in [-0.3, -0.25) is 4.79 Å². The number of aryl methyl sites for hydroxylation is 1. The van der Waals surface area contributed by atoms with Crippen LogP contribution in [0.15, 0.2) is 36.8 Å². The maximum atomic E-state index is 13.7. The highest BCUT2D eigenvalue weighted by atomic mass is 35.5. The van der Waals surface area contributed by atoms with Crippen molar-refractivity contribution in [2.24, 2.45) is 5.92 Å². The summed E-state index contributed by atoms with van der Waals surface area (Å²) < 4.78 is 44.8. The van der Waals surface area contributed by atoms with Crippen LogP contribution in [0.1, 0.15) is 41.0 Å². The normalized spacial score (nSPS) is 22.1. The van der Waals surface area contributed by atoms with Gasteiger partial charge in [0, 0.05) is 18.4 Å². The number of hydrogen-bond acceptors (Lipinski definition) is 6. The Bertz CT molecular complexity index is 1220. The van der Waals surface area contributed by atoms with Crippen LogP contribution in [0.4, 0.5) is 13.2 Å². The van der Waals surface area contributed by atoms with E-state index >= 15 is 0 Å². The van der Waals surface area contributed by atoms with Crippen molar-refractivity contribution < 1.29 is 22.7 Å². The lowest BCUT2D eigenvalue weighted by Crippen LogP contribution is -2.59. The molecule has 3 aliphatic rings. The molecule has 0 radical (unpaired) electrons. The number of nitrogens with zero attached hydrogens (tertiary/aromatic N) is 6. The molecule has 3 aromatic heterocycles. The van der Waals surface area contributed by atoms with Gasteiger partial charge in [-0.15, -0.1) is 4.80 Å². The van der Waals surface area contributed by atoms with Gasteiger partial charge in [-0.2, -0.15) is 23.4 Å². The maximum Gasteiger partial charge on any atom is 0.417 e. The molecule has 1 aliphatic carbocycles. The largest absolute Gasteiger partial charge is 0.471 e. The quantitative estimate of drug-likeness (QED) is 0.545. The highest BCUT2D eigenvalue weighted by Crippen LogP contribution is 2.40. The van der Waals surface area contributed by atoms with E-state index in [9.17, 15) is 18.0 Å². The van der Waals surface area contributed by atoms with Crippen LogP contribution in [0.5, 0.6) is 5.88 Å². The molecule has 12 heteroatoms. The minimum Gasteiger partial charge on any atom is -0.471 e. The third-order valence-corrected chi connectivity index (χ3v) is 6.50. The number of carbonyl (C=O) groups is 1. The summed E-state index contributed by atoms with van der Waals surface area (Å²) in [6, 6.07) is 4.03. The SMILES string of the molecule is Cc1ccc(-n2nccn2)c(C(=O)N2CC3CCC2C(Oc2ncc(C(F)(F)F)cc2Cl)C3)n1. The minimum atomic E-state index is -4.55. The third-order valence-electron chi connectivity index (χ3n) is 6.23. The number of rotatable bonds is 4. The van der Waals surface area contributed by atoms with Crippen molar-refractivity contribution in [3.63, 3.8) is 0 Å². The van der Waals surface area contributed by atoms with E-state index in [1.165, 1.54) is 17.2 Å². The Morgan fingerprint density at radius 3 is 2.65 bits per heavy atom. The minimum absolute atomic E-state index is 0.0743. The molecule has 0 aromatic carbocycles. The van der Waals surface area contributed by atoms with Crippen molar-refractivity contribution in [3.8, 4) is 11.6 Å². The fourth-order valence-corrected chi connectivity index (χ4v) is 4.86. The summed E-state index contributed by atoms with van der Waals surface area (Å²) in [5.74, 6) is -0.163. The molecule has 34 heavy (non-hydrogen) atoms. The Morgan fingerprint density at radius 1 is 1.21 bits per heavy atom. The summed E-state index contributed by atoms with van der Waals surface area (Å²) >= 11 is 6.05. The molecule has 8 nitrogen and oxygen atoms in total. The molecule has 5 heterocycles. The number of aromatic nitrogens is 5. The summed E-state index contributed by atoms with van der Waals surface area (Å²) in [6.45, 7) is 2.34. The molecule has 2 bridgehead atoms. The van der Waals surface area contributed by atoms with Gasteiger partial charge in [0.2, 0.25) is 5.88 Å². The Labute approximate surface area is 197 Å². The molecular weight excluding hydrogens is 473 g/mol. The molecule has 3 atom stereocenters. The van der Waals surface area contributed by atoms with E-state index in [4.69, 9.17) is 16.3 Å². The molecule has 0 spiro atoms. The average Bonchev–Trinajstić information content (AvgIpc) is 3.34. The van der Waals surface area contributed by atoms with Gasteiger partial charge in [-0.1, -0.05) is 11.6 Å². The monoisotopic (exact) mass is 492 g/mol. The molecule has 3 aromatic rings. The van der Waals surface area contributed by atoms with E-state index < -0.39 is 17.8 Å². The zero-order valence-corrected chi connectivity index (χ0v) is 18.8. The molecule has 1 saturated carbocycles. The van der Waals surface area contributed by atoms with Crippen LogP contribution in [-0.2, 0) is 6.18 Å². The Kier molecular flexibility index (Phi) is 5.67. The lowest BCUT2D eigenvalue weighted by atomic mass is 9.77. The summed E-state index contributed by atoms with van der Waals surface area (Å²) in [7, 11) is 0. The fraction of sp³-hybridized carbons (Fsp3) is 0.409. The molecule has 2 saturated heterocycles. The van der Waals surface area contributed by atoms with Gasteiger partial charge in [-0.05, 0) is 50.3 Å². The van der Waals surface area contributed by atoms with Crippen molar-refractivity contribution in [2.45, 2.75) is 44.5 Å². The summed E-state index contributed by atoms with van der Waals surface area (Å²) in [4.78, 5) is 25.0. The zero-order chi connectivity index (χ0) is 24.0. The second-order valence-electron chi connectivity index (χ2n) is 8.51. The highest BCUT2D eigenvalue weighted by Gasteiger charge is 2.45. The topological polar surface area (TPSA) is 86.0 Å². The predicted octanol–water partition coefficient (Wildman–Crippen LogP) is 4.11. The number of alkyl halides is 3. The molecule has 3 unspecified atom stereocenters. The third kappa shape index (κ3) is 4.20. The fourth-order valence-electron chi connectivity index (χ4n) is 4.65. The number of halogens is 4. The first-order valence-corrected chi connectivity index (χ1v) is 11.1. The predicted molar refractivity (Wildman–Crippen MR) is 115 cm³/mol. The standard InChI is InChI=1S/C22H20ClF3N6O2/c1-12-2-4-17(32-28-6-7-29-32)19(30-12)21(33)31-11-13-3-5-16(31)18(8-13)34-20-15(23)9-14(10-27-20)22(24,25)26/h2,4,6-7,9-10,13,16,18H,3,5,8,11H2,1H3. The lowest BCUT2D eigenvalue weighted by Gasteiger charge is -2.49. The van der Waals surface area contributed by atoms with Crippen molar-refractivity contribution >= 4 is 17.5 Å². The number of amides is 1. The number of hydrogen-bond donors (Lipinski definition) is 0. The first-order valence-electron chi connectivity index (χ1n) is 10.8. The van der Waals surface area contributed by atoms with E-state index in [1.54, 1.807) is 24.0 Å². The number of pyridine rings is 2. The van der Waals surface area contributed by atoms with Gasteiger partial charge in [0.1, 0.15) is 16.8 Å². The number of carbonyl (C=O) groups excluding carboxylic acids is 1. The van der Waals surface area contributed by atoms with E-state index in [2.05, 4.69) is 20.2 Å². The van der Waals surface area contributed by atoms with Gasteiger partial charge in [-0.25, -0.2) is 9.97 Å². The van der Waals surface area contributed by atoms with Crippen LogP contribution < -0.4 is 4.74 Å². The second kappa shape index (κ2) is 8.53. The second-order valence-corrected chi connectivity index (χ2v) is 8.92. The van der Waals surface area contributed by atoms with Crippen LogP contribution in [0.25, 0.3) is 5.69 Å². The Morgan fingerprint density at radius 2 is 1.97 bits per heavy atom. The first kappa shape index (κ1) is 22.6. The molecule has 0 N–H and O–H groups in total. The summed E-state index contributed by atoms with van der Waals surface area (Å²) in [5, 5.41) is 8.03. The van der Waals surface area contributed by atoms with Crippen LogP contribution in [0.3, 0.4) is 0 Å². The van der Waals surface area contributed by atoms with Crippen LogP contribution >= 0.6 is 11.6 Å². The van der Waals surface area contributed by atoms with Crippen LogP contribution in [-0.4, -0.2) is 54.5 Å². The zero-order valence-electron chi connectivity index (χ0n) is 18.0. The highest BCUT2D eigenvalue weighted by molar-refractivity contribution is 6.31. The smallest absolute Gasteiger partial charge is 0.417 e. The number of piperidine rings is 2. The molecular formula is C22H20ClF3N6O2.